The van der Waals surface area contributed by atoms with Gasteiger partial charge in [-0.25, -0.2) is 9.97 Å². The van der Waals surface area contributed by atoms with Crippen molar-refractivity contribution in [2.45, 2.75) is 25.8 Å². The molecule has 0 amide bonds. The number of aryl methyl sites for hydroxylation is 1. The number of nitrogens with one attached hydrogen (secondary N) is 1. The molecule has 0 bridgehead atoms. The summed E-state index contributed by atoms with van der Waals surface area (Å²) in [6, 6.07) is 12.7. The van der Waals surface area contributed by atoms with Crippen LogP contribution in [-0.4, -0.2) is 34.1 Å². The number of benzene rings is 1. The molecule has 0 aromatic heterocycles. The molecular formula is C18H21N5. The first-order chi connectivity index (χ1) is 11.2. The molecular weight excluding hydrogens is 286 g/mol. The number of fused-ring (bicyclic) bond motifs is 1. The molecule has 3 heterocycles. The Bertz CT molecular complexity index is 772. The molecule has 1 aromatic carbocycles. The predicted molar refractivity (Wildman–Crippen MR) is 92.6 cm³/mol. The minimum atomic E-state index is 0.311. The quantitative estimate of drug-likeness (QED) is 0.764. The van der Waals surface area contributed by atoms with Crippen molar-refractivity contribution >= 4 is 5.82 Å². The predicted octanol–water partition coefficient (Wildman–Crippen LogP) is 2.81. The Labute approximate surface area is 135 Å². The molecule has 23 heavy (non-hydrogen) atoms. The van der Waals surface area contributed by atoms with Gasteiger partial charge in [0.2, 0.25) is 0 Å². The second-order valence-electron chi connectivity index (χ2n) is 6.24. The van der Waals surface area contributed by atoms with Gasteiger partial charge in [0, 0.05) is 24.7 Å². The molecule has 0 aliphatic carbocycles. The van der Waals surface area contributed by atoms with Gasteiger partial charge >= 0.3 is 0 Å². The number of nitrogens with two attached hydrogens (primary N) is 1. The highest BCUT2D eigenvalue weighted by atomic mass is 15.2. The fraction of sp³-hybridized carbons (Fsp3) is 0.333. The van der Waals surface area contributed by atoms with Gasteiger partial charge in [0.1, 0.15) is 11.5 Å². The molecule has 0 unspecified atom stereocenters. The van der Waals surface area contributed by atoms with Crippen LogP contribution in [0.1, 0.15) is 18.7 Å². The number of aromatic amines is 1. The summed E-state index contributed by atoms with van der Waals surface area (Å²) in [6.45, 7) is 3.88. The van der Waals surface area contributed by atoms with Gasteiger partial charge in [-0.1, -0.05) is 30.3 Å². The van der Waals surface area contributed by atoms with Crippen LogP contribution in [0.3, 0.4) is 0 Å². The highest BCUT2D eigenvalue weighted by Gasteiger charge is 2.24. The van der Waals surface area contributed by atoms with Crippen LogP contribution >= 0.6 is 0 Å². The average molecular weight is 307 g/mol. The van der Waals surface area contributed by atoms with Gasteiger partial charge in [0.25, 0.3) is 0 Å². The molecule has 5 nitrogen and oxygen atoms in total. The van der Waals surface area contributed by atoms with E-state index >= 15 is 0 Å². The molecule has 1 fully saturated rings. The third-order valence-electron chi connectivity index (χ3n) is 4.48. The van der Waals surface area contributed by atoms with Crippen molar-refractivity contribution in [3.63, 3.8) is 0 Å². The Morgan fingerprint density at radius 1 is 1.13 bits per heavy atom. The number of nitrogens with zero attached hydrogens (tertiary/aromatic N) is 3. The summed E-state index contributed by atoms with van der Waals surface area (Å²) >= 11 is 0. The molecule has 0 radical (unpaired) electrons. The smallest absolute Gasteiger partial charge is 0.158 e. The van der Waals surface area contributed by atoms with Gasteiger partial charge in [-0.3, -0.25) is 0 Å². The highest BCUT2D eigenvalue weighted by Crippen LogP contribution is 2.34. The number of hydrogen-bond acceptors (Lipinski definition) is 4. The van der Waals surface area contributed by atoms with Gasteiger partial charge in [-0.05, 0) is 25.8 Å². The maximum absolute atomic E-state index is 6.03. The maximum atomic E-state index is 6.03. The zero-order valence-corrected chi connectivity index (χ0v) is 13.3. The van der Waals surface area contributed by atoms with E-state index in [2.05, 4.69) is 28.1 Å². The van der Waals surface area contributed by atoms with E-state index in [4.69, 9.17) is 15.7 Å². The second kappa shape index (κ2) is 5.66. The number of H-pyrrole nitrogens is 1. The number of hydrogen-bond donors (Lipinski definition) is 2. The molecule has 1 saturated heterocycles. The summed E-state index contributed by atoms with van der Waals surface area (Å²) in [5.41, 5.74) is 10.1. The van der Waals surface area contributed by atoms with Crippen LogP contribution in [0.5, 0.6) is 0 Å². The molecule has 3 aliphatic heterocycles. The van der Waals surface area contributed by atoms with Gasteiger partial charge in [-0.2, -0.15) is 0 Å². The first-order valence-corrected chi connectivity index (χ1v) is 8.14. The molecule has 0 atom stereocenters. The van der Waals surface area contributed by atoms with Crippen molar-refractivity contribution < 1.29 is 0 Å². The Morgan fingerprint density at radius 2 is 1.87 bits per heavy atom. The minimum Gasteiger partial charge on any atom is -0.355 e. The Hall–Kier alpha value is -2.40. The molecule has 3 N–H and O–H groups in total. The minimum absolute atomic E-state index is 0.311. The first kappa shape index (κ1) is 14.2. The summed E-state index contributed by atoms with van der Waals surface area (Å²) in [4.78, 5) is 15.2. The van der Waals surface area contributed by atoms with Crippen molar-refractivity contribution in [3.05, 3.63) is 42.2 Å². The van der Waals surface area contributed by atoms with Crippen molar-refractivity contribution in [2.75, 3.05) is 18.0 Å². The summed E-state index contributed by atoms with van der Waals surface area (Å²) in [6.07, 6.45) is 2.01. The zero-order chi connectivity index (χ0) is 15.8. The van der Waals surface area contributed by atoms with Crippen LogP contribution in [0.2, 0.25) is 0 Å². The molecule has 5 heteroatoms. The lowest BCUT2D eigenvalue weighted by Crippen LogP contribution is -2.40. The van der Waals surface area contributed by atoms with E-state index in [1.807, 2.05) is 25.1 Å². The van der Waals surface area contributed by atoms with Crippen LogP contribution < -0.4 is 10.6 Å². The zero-order valence-electron chi connectivity index (χ0n) is 13.3. The molecule has 3 aliphatic rings. The van der Waals surface area contributed by atoms with E-state index in [0.717, 1.165) is 60.2 Å². The second-order valence-corrected chi connectivity index (χ2v) is 6.24. The van der Waals surface area contributed by atoms with Crippen molar-refractivity contribution in [1.29, 1.82) is 0 Å². The maximum Gasteiger partial charge on any atom is 0.158 e. The monoisotopic (exact) mass is 307 g/mol. The fourth-order valence-electron chi connectivity index (χ4n) is 3.21. The van der Waals surface area contributed by atoms with Crippen molar-refractivity contribution in [1.82, 2.24) is 15.0 Å². The van der Waals surface area contributed by atoms with E-state index in [-0.39, 0.29) is 0 Å². The Balaban J connectivity index is 1.78. The lowest BCUT2D eigenvalue weighted by molar-refractivity contribution is 0.498. The SMILES string of the molecule is Cc1nc(N2CCC(N)CC2)c2nc(-c3ccccc3)cc-2[nH]1. The summed E-state index contributed by atoms with van der Waals surface area (Å²) in [5.74, 6) is 1.89. The lowest BCUT2D eigenvalue weighted by Gasteiger charge is -2.32. The normalized spacial score (nSPS) is 16.2. The Kier molecular flexibility index (Phi) is 3.50. The molecule has 4 rings (SSSR count). The molecule has 0 spiro atoms. The lowest BCUT2D eigenvalue weighted by atomic mass is 10.1. The standard InChI is InChI=1S/C18H21N5/c1-12-20-16-11-15(13-5-3-2-4-6-13)22-17(16)18(21-12)23-9-7-14(19)8-10-23/h2-6,11,14H,7-10,19H2,1H3,(H,20,21). The van der Waals surface area contributed by atoms with Crippen molar-refractivity contribution in [2.24, 2.45) is 5.73 Å². The Morgan fingerprint density at radius 3 is 2.61 bits per heavy atom. The van der Waals surface area contributed by atoms with Crippen molar-refractivity contribution in [3.8, 4) is 22.6 Å². The van der Waals surface area contributed by atoms with E-state index < -0.39 is 0 Å². The topological polar surface area (TPSA) is 70.8 Å². The van der Waals surface area contributed by atoms with Crippen LogP contribution in [0.25, 0.3) is 22.6 Å². The van der Waals surface area contributed by atoms with Crippen LogP contribution in [0, 0.1) is 6.92 Å². The van der Waals surface area contributed by atoms with E-state index in [9.17, 15) is 0 Å². The van der Waals surface area contributed by atoms with Crippen LogP contribution in [-0.2, 0) is 0 Å². The highest BCUT2D eigenvalue weighted by molar-refractivity contribution is 5.78. The first-order valence-electron chi connectivity index (χ1n) is 8.14. The number of anilines is 1. The van der Waals surface area contributed by atoms with Crippen LogP contribution in [0.15, 0.2) is 36.4 Å². The van der Waals surface area contributed by atoms with E-state index in [1.165, 1.54) is 0 Å². The largest absolute Gasteiger partial charge is 0.355 e. The summed E-state index contributed by atoms with van der Waals surface area (Å²) in [5, 5.41) is 0. The third-order valence-corrected chi connectivity index (χ3v) is 4.48. The van der Waals surface area contributed by atoms with Gasteiger partial charge in [-0.15, -0.1) is 0 Å². The molecule has 118 valence electrons. The number of piperidine rings is 1. The van der Waals surface area contributed by atoms with E-state index in [1.54, 1.807) is 0 Å². The number of aromatic nitrogens is 3. The van der Waals surface area contributed by atoms with E-state index in [0.29, 0.717) is 6.04 Å². The number of rotatable bonds is 2. The summed E-state index contributed by atoms with van der Waals surface area (Å²) in [7, 11) is 0. The third kappa shape index (κ3) is 2.68. The average Bonchev–Trinajstić information content (AvgIpc) is 2.99. The van der Waals surface area contributed by atoms with Crippen LogP contribution in [0.4, 0.5) is 5.82 Å². The van der Waals surface area contributed by atoms with Gasteiger partial charge in [0.05, 0.1) is 11.4 Å². The molecule has 1 aromatic rings. The molecule has 0 saturated carbocycles. The summed E-state index contributed by atoms with van der Waals surface area (Å²) < 4.78 is 0. The fourth-order valence-corrected chi connectivity index (χ4v) is 3.21. The van der Waals surface area contributed by atoms with Gasteiger partial charge < -0.3 is 15.6 Å². The van der Waals surface area contributed by atoms with Gasteiger partial charge in [0.15, 0.2) is 5.82 Å².